The fourth-order valence-electron chi connectivity index (χ4n) is 3.83. The number of carboxylic acid groups (broad SMARTS) is 1. The normalized spacial score (nSPS) is 18.2. The largest absolute Gasteiger partial charge is 0.478 e. The van der Waals surface area contributed by atoms with E-state index in [-0.39, 0.29) is 25.2 Å². The van der Waals surface area contributed by atoms with Gasteiger partial charge in [-0.05, 0) is 36.4 Å². The minimum atomic E-state index is -4.84. The van der Waals surface area contributed by atoms with Crippen LogP contribution in [0.3, 0.4) is 0 Å². The summed E-state index contributed by atoms with van der Waals surface area (Å²) in [6.45, 7) is -0.0882. The maximum absolute atomic E-state index is 13.6. The zero-order chi connectivity index (χ0) is 22.5. The number of alkyl halides is 3. The van der Waals surface area contributed by atoms with Crippen molar-refractivity contribution in [3.05, 3.63) is 58.9 Å². The number of carboxylic acids is 1. The minimum absolute atomic E-state index is 0.00343. The summed E-state index contributed by atoms with van der Waals surface area (Å²) in [5.74, 6) is -3.69. The van der Waals surface area contributed by atoms with Crippen LogP contribution < -0.4 is 10.2 Å². The summed E-state index contributed by atoms with van der Waals surface area (Å²) in [7, 11) is 0. The highest BCUT2D eigenvalue weighted by Crippen LogP contribution is 2.36. The van der Waals surface area contributed by atoms with Gasteiger partial charge in [0, 0.05) is 13.1 Å². The van der Waals surface area contributed by atoms with Crippen LogP contribution in [0.2, 0.25) is 0 Å². The van der Waals surface area contributed by atoms with E-state index in [9.17, 15) is 31.9 Å². The van der Waals surface area contributed by atoms with E-state index in [1.165, 1.54) is 18.2 Å². The van der Waals surface area contributed by atoms with Crippen molar-refractivity contribution < 1.29 is 37.1 Å². The van der Waals surface area contributed by atoms with Gasteiger partial charge in [-0.15, -0.1) is 0 Å². The van der Waals surface area contributed by atoms with Gasteiger partial charge in [0.05, 0.1) is 34.6 Å². The Morgan fingerprint density at radius 1 is 1.10 bits per heavy atom. The van der Waals surface area contributed by atoms with Crippen molar-refractivity contribution in [2.75, 3.05) is 29.9 Å². The number of anilines is 2. The van der Waals surface area contributed by atoms with Crippen molar-refractivity contribution in [1.29, 1.82) is 0 Å². The first kappa shape index (κ1) is 20.6. The highest BCUT2D eigenvalue weighted by molar-refractivity contribution is 6.06. The predicted molar refractivity (Wildman–Crippen MR) is 100 cm³/mol. The molecule has 0 aliphatic carbocycles. The van der Waals surface area contributed by atoms with Gasteiger partial charge in [0.15, 0.2) is 0 Å². The first-order valence-corrected chi connectivity index (χ1v) is 9.17. The molecule has 0 radical (unpaired) electrons. The van der Waals surface area contributed by atoms with Gasteiger partial charge >= 0.3 is 12.1 Å². The number of nitrogens with one attached hydrogen (secondary N) is 1. The highest BCUT2D eigenvalue weighted by Gasteiger charge is 2.41. The predicted octanol–water partition coefficient (Wildman–Crippen LogP) is 2.83. The molecule has 0 spiro atoms. The molecule has 2 aliphatic rings. The summed E-state index contributed by atoms with van der Waals surface area (Å²) in [6.07, 6.45) is -4.84. The fourth-order valence-corrected chi connectivity index (χ4v) is 3.83. The van der Waals surface area contributed by atoms with Gasteiger partial charge in [0.1, 0.15) is 11.9 Å². The van der Waals surface area contributed by atoms with Crippen LogP contribution in [-0.2, 0) is 11.0 Å². The second-order valence-electron chi connectivity index (χ2n) is 7.17. The number of halogens is 4. The molecule has 0 aromatic heterocycles. The number of piperazine rings is 1. The van der Waals surface area contributed by atoms with Crippen LogP contribution in [0.25, 0.3) is 0 Å². The summed E-state index contributed by atoms with van der Waals surface area (Å²) in [6, 6.07) is 5.01. The van der Waals surface area contributed by atoms with E-state index in [4.69, 9.17) is 5.11 Å². The van der Waals surface area contributed by atoms with Crippen molar-refractivity contribution in [3.8, 4) is 0 Å². The quantitative estimate of drug-likeness (QED) is 0.706. The Morgan fingerprint density at radius 3 is 2.52 bits per heavy atom. The van der Waals surface area contributed by atoms with E-state index in [2.05, 4.69) is 5.32 Å². The Kier molecular flexibility index (Phi) is 4.83. The van der Waals surface area contributed by atoms with Crippen LogP contribution in [0.1, 0.15) is 26.3 Å². The molecule has 1 atom stereocenters. The zero-order valence-corrected chi connectivity index (χ0v) is 15.7. The third-order valence-corrected chi connectivity index (χ3v) is 5.30. The van der Waals surface area contributed by atoms with Gasteiger partial charge in [-0.1, -0.05) is 0 Å². The molecule has 4 rings (SSSR count). The molecule has 1 fully saturated rings. The van der Waals surface area contributed by atoms with Crippen LogP contribution in [0, 0.1) is 5.82 Å². The molecule has 7 nitrogen and oxygen atoms in total. The Hall–Kier alpha value is -3.63. The van der Waals surface area contributed by atoms with Crippen LogP contribution in [-0.4, -0.2) is 53.5 Å². The average Bonchev–Trinajstić information content (AvgIpc) is 2.71. The molecule has 31 heavy (non-hydrogen) atoms. The number of nitrogens with zero attached hydrogens (tertiary/aromatic N) is 2. The Balaban J connectivity index is 1.62. The Labute approximate surface area is 172 Å². The van der Waals surface area contributed by atoms with Crippen LogP contribution in [0.4, 0.5) is 28.9 Å². The Morgan fingerprint density at radius 2 is 1.84 bits per heavy atom. The standard InChI is InChI=1S/C20H15F4N3O4/c21-11-2-3-13(20(22,23)24)12(8-11)18(29)26-5-6-27-15-4-1-10(19(30)31)7-14(15)25-17(28)16(27)9-26/h1-4,7-8,16H,5-6,9H2,(H,25,28)(H,30,31). The first-order chi connectivity index (χ1) is 14.6. The number of hydrogen-bond donors (Lipinski definition) is 2. The number of rotatable bonds is 2. The Bertz CT molecular complexity index is 1100. The van der Waals surface area contributed by atoms with Gasteiger partial charge in [0.2, 0.25) is 5.91 Å². The number of carbonyl (C=O) groups is 3. The number of carbonyl (C=O) groups excluding carboxylic acids is 2. The summed E-state index contributed by atoms with van der Waals surface area (Å²) in [4.78, 5) is 39.3. The van der Waals surface area contributed by atoms with E-state index in [0.29, 0.717) is 29.6 Å². The lowest BCUT2D eigenvalue weighted by Crippen LogP contribution is -2.61. The molecule has 11 heteroatoms. The molecule has 2 aromatic rings. The summed E-state index contributed by atoms with van der Waals surface area (Å²) < 4.78 is 53.5. The SMILES string of the molecule is O=C(O)c1ccc2c(c1)NC(=O)C1CN(C(=O)c3cc(F)ccc3C(F)(F)F)CCN21. The molecule has 2 aliphatic heterocycles. The zero-order valence-electron chi connectivity index (χ0n) is 15.7. The second-order valence-corrected chi connectivity index (χ2v) is 7.17. The lowest BCUT2D eigenvalue weighted by molar-refractivity contribution is -0.138. The van der Waals surface area contributed by atoms with E-state index in [1.807, 2.05) is 0 Å². The summed E-state index contributed by atoms with van der Waals surface area (Å²) >= 11 is 0. The fraction of sp³-hybridized carbons (Fsp3) is 0.250. The molecule has 0 saturated carbocycles. The van der Waals surface area contributed by atoms with E-state index in [1.54, 1.807) is 4.90 Å². The van der Waals surface area contributed by atoms with Crippen molar-refractivity contribution in [2.45, 2.75) is 12.2 Å². The van der Waals surface area contributed by atoms with Gasteiger partial charge in [-0.2, -0.15) is 13.2 Å². The molecule has 1 unspecified atom stereocenters. The molecule has 0 bridgehead atoms. The summed E-state index contributed by atoms with van der Waals surface area (Å²) in [5.41, 5.74) is -1.24. The van der Waals surface area contributed by atoms with Gasteiger partial charge in [-0.25, -0.2) is 9.18 Å². The lowest BCUT2D eigenvalue weighted by Gasteiger charge is -2.45. The number of amides is 2. The van der Waals surface area contributed by atoms with Crippen LogP contribution in [0.5, 0.6) is 0 Å². The topological polar surface area (TPSA) is 90.0 Å². The smallest absolute Gasteiger partial charge is 0.417 e. The van der Waals surface area contributed by atoms with Gasteiger partial charge in [-0.3, -0.25) is 9.59 Å². The van der Waals surface area contributed by atoms with Crippen molar-refractivity contribution >= 4 is 29.2 Å². The maximum atomic E-state index is 13.6. The van der Waals surface area contributed by atoms with Crippen molar-refractivity contribution in [3.63, 3.8) is 0 Å². The van der Waals surface area contributed by atoms with E-state index < -0.39 is 46.9 Å². The molecule has 1 saturated heterocycles. The minimum Gasteiger partial charge on any atom is -0.478 e. The molecular weight excluding hydrogens is 422 g/mol. The van der Waals surface area contributed by atoms with Gasteiger partial charge < -0.3 is 20.2 Å². The molecule has 2 aromatic carbocycles. The van der Waals surface area contributed by atoms with E-state index >= 15 is 0 Å². The van der Waals surface area contributed by atoms with Gasteiger partial charge in [0.25, 0.3) is 5.91 Å². The van der Waals surface area contributed by atoms with Crippen LogP contribution in [0.15, 0.2) is 36.4 Å². The monoisotopic (exact) mass is 437 g/mol. The third-order valence-electron chi connectivity index (χ3n) is 5.30. The molecule has 2 N–H and O–H groups in total. The number of hydrogen-bond acceptors (Lipinski definition) is 4. The van der Waals surface area contributed by atoms with Crippen molar-refractivity contribution in [1.82, 2.24) is 4.90 Å². The summed E-state index contributed by atoms with van der Waals surface area (Å²) in [5, 5.41) is 11.7. The number of aromatic carboxylic acids is 1. The maximum Gasteiger partial charge on any atom is 0.417 e. The van der Waals surface area contributed by atoms with Crippen LogP contribution >= 0.6 is 0 Å². The number of fused-ring (bicyclic) bond motifs is 3. The molecule has 2 heterocycles. The molecule has 2 amide bonds. The average molecular weight is 437 g/mol. The third kappa shape index (κ3) is 3.66. The molecule has 162 valence electrons. The van der Waals surface area contributed by atoms with E-state index in [0.717, 1.165) is 4.90 Å². The highest BCUT2D eigenvalue weighted by atomic mass is 19.4. The first-order valence-electron chi connectivity index (χ1n) is 9.17. The lowest BCUT2D eigenvalue weighted by atomic mass is 10.0. The number of benzene rings is 2. The molecular formula is C20H15F4N3O4. The second kappa shape index (κ2) is 7.25. The van der Waals surface area contributed by atoms with Crippen molar-refractivity contribution in [2.24, 2.45) is 0 Å².